The zero-order chi connectivity index (χ0) is 19.6. The molecule has 2 atom stereocenters. The number of carbonyl (C=O) groups is 1. The Kier molecular flexibility index (Phi) is 5.39. The number of carbonyl (C=O) groups excluding carboxylic acids is 1. The van der Waals surface area contributed by atoms with Crippen LogP contribution in [0.25, 0.3) is 0 Å². The topological polar surface area (TPSA) is 64.4 Å². The molecule has 0 bridgehead atoms. The molecule has 0 saturated carbocycles. The molecule has 2 aromatic rings. The quantitative estimate of drug-likeness (QED) is 0.799. The fraction of sp³-hybridized carbons (Fsp3) is 0.300. The summed E-state index contributed by atoms with van der Waals surface area (Å²) in [6.07, 6.45) is 2.49. The number of benzene rings is 1. The lowest BCUT2D eigenvalue weighted by Gasteiger charge is -2.24. The highest BCUT2D eigenvalue weighted by atomic mass is 19.1. The molecular formula is C20H20F2N2O3. The van der Waals surface area contributed by atoms with Crippen LogP contribution < -0.4 is 10.1 Å². The van der Waals surface area contributed by atoms with E-state index < -0.39 is 29.5 Å². The summed E-state index contributed by atoms with van der Waals surface area (Å²) < 4.78 is 38.2. The molecule has 0 aliphatic heterocycles. The second-order valence-corrected chi connectivity index (χ2v) is 6.59. The fourth-order valence-corrected chi connectivity index (χ4v) is 2.76. The van der Waals surface area contributed by atoms with E-state index in [1.54, 1.807) is 19.1 Å². The van der Waals surface area contributed by atoms with Crippen molar-refractivity contribution >= 4 is 5.91 Å². The Hall–Kier alpha value is -2.96. The molecule has 5 nitrogen and oxygen atoms in total. The maximum absolute atomic E-state index is 13.8. The number of nitrogens with one attached hydrogen (secondary N) is 1. The summed E-state index contributed by atoms with van der Waals surface area (Å²) in [7, 11) is 0. The summed E-state index contributed by atoms with van der Waals surface area (Å²) in [4.78, 5) is 16.3. The van der Waals surface area contributed by atoms with Gasteiger partial charge in [-0.05, 0) is 44.5 Å². The monoisotopic (exact) mass is 374 g/mol. The highest BCUT2D eigenvalue weighted by Crippen LogP contribution is 2.32. The van der Waals surface area contributed by atoms with Gasteiger partial charge in [0.2, 0.25) is 0 Å². The molecule has 0 radical (unpaired) electrons. The third kappa shape index (κ3) is 4.42. The Labute approximate surface area is 155 Å². The number of rotatable bonds is 5. The summed E-state index contributed by atoms with van der Waals surface area (Å²) >= 11 is 0. The first-order valence-corrected chi connectivity index (χ1v) is 8.57. The van der Waals surface area contributed by atoms with Gasteiger partial charge in [-0.2, -0.15) is 4.98 Å². The van der Waals surface area contributed by atoms with Crippen LogP contribution in [0.2, 0.25) is 0 Å². The number of allylic oxidation sites excluding steroid dienone is 3. The molecule has 1 amide bonds. The second-order valence-electron chi connectivity index (χ2n) is 6.59. The lowest BCUT2D eigenvalue weighted by molar-refractivity contribution is 0.0925. The van der Waals surface area contributed by atoms with Crippen LogP contribution in [0, 0.1) is 12.8 Å². The van der Waals surface area contributed by atoms with Crippen molar-refractivity contribution in [1.29, 1.82) is 0 Å². The van der Waals surface area contributed by atoms with Gasteiger partial charge in [0.05, 0.1) is 0 Å². The summed E-state index contributed by atoms with van der Waals surface area (Å²) in [6, 6.07) is 6.81. The second kappa shape index (κ2) is 7.73. The van der Waals surface area contributed by atoms with E-state index >= 15 is 0 Å². The summed E-state index contributed by atoms with van der Waals surface area (Å²) in [6.45, 7) is 5.00. The molecule has 7 heteroatoms. The predicted octanol–water partition coefficient (Wildman–Crippen LogP) is 5.01. The molecule has 0 fully saturated rings. The molecule has 1 N–H and O–H groups in total. The largest absolute Gasteiger partial charge is 0.416 e. The molecule has 1 aromatic heterocycles. The molecule has 1 heterocycles. The minimum Gasteiger partial charge on any atom is -0.416 e. The molecule has 27 heavy (non-hydrogen) atoms. The lowest BCUT2D eigenvalue weighted by atomic mass is 9.90. The molecule has 142 valence electrons. The van der Waals surface area contributed by atoms with E-state index in [9.17, 15) is 13.6 Å². The van der Waals surface area contributed by atoms with Crippen LogP contribution in [0.15, 0.2) is 58.2 Å². The van der Waals surface area contributed by atoms with Crippen LogP contribution in [-0.4, -0.2) is 16.9 Å². The van der Waals surface area contributed by atoms with E-state index in [-0.39, 0.29) is 23.8 Å². The van der Waals surface area contributed by atoms with Crippen molar-refractivity contribution in [1.82, 2.24) is 10.3 Å². The molecule has 2 unspecified atom stereocenters. The number of ether oxygens (including phenoxy) is 1. The predicted molar refractivity (Wildman–Crippen MR) is 95.8 cm³/mol. The Bertz CT molecular complexity index is 917. The average molecular weight is 374 g/mol. The van der Waals surface area contributed by atoms with Gasteiger partial charge >= 0.3 is 6.08 Å². The Balaban J connectivity index is 1.63. The first kappa shape index (κ1) is 18.8. The number of oxazole rings is 1. The van der Waals surface area contributed by atoms with Gasteiger partial charge < -0.3 is 14.5 Å². The van der Waals surface area contributed by atoms with Crippen molar-refractivity contribution in [2.24, 2.45) is 5.92 Å². The summed E-state index contributed by atoms with van der Waals surface area (Å²) in [5, 5.41) is 2.69. The molecule has 1 aliphatic carbocycles. The standard InChI is InChI=1S/C20H20F2N2O3/c1-11-5-4-6-15(7-11)27-20-24-18(10-26-20)19(25)23-13(3)14-8-16(21)12(2)17(22)9-14/h4-8,10,13-14H,9H2,1-3H3,(H,23,25). The number of aromatic nitrogens is 1. The van der Waals surface area contributed by atoms with Gasteiger partial charge in [-0.15, -0.1) is 0 Å². The Morgan fingerprint density at radius 1 is 1.37 bits per heavy atom. The van der Waals surface area contributed by atoms with Crippen molar-refractivity contribution in [2.45, 2.75) is 33.2 Å². The Morgan fingerprint density at radius 3 is 2.85 bits per heavy atom. The SMILES string of the molecule is CC1=C(F)CC(C(C)NC(=O)c2coc(Oc3cccc(C)c3)n2)C=C1F. The van der Waals surface area contributed by atoms with Crippen molar-refractivity contribution in [3.63, 3.8) is 0 Å². The van der Waals surface area contributed by atoms with Crippen LogP contribution >= 0.6 is 0 Å². The van der Waals surface area contributed by atoms with Crippen molar-refractivity contribution < 1.29 is 22.7 Å². The molecule has 3 rings (SSSR count). The number of halogens is 2. The van der Waals surface area contributed by atoms with Crippen molar-refractivity contribution in [3.8, 4) is 11.8 Å². The smallest absolute Gasteiger partial charge is 0.399 e. The fourth-order valence-electron chi connectivity index (χ4n) is 2.76. The van der Waals surface area contributed by atoms with E-state index in [0.717, 1.165) is 5.56 Å². The highest BCUT2D eigenvalue weighted by molar-refractivity contribution is 5.92. The van der Waals surface area contributed by atoms with Gasteiger partial charge in [0, 0.05) is 24.0 Å². The lowest BCUT2D eigenvalue weighted by Crippen LogP contribution is -2.38. The number of amides is 1. The average Bonchev–Trinajstić information content (AvgIpc) is 3.07. The van der Waals surface area contributed by atoms with Gasteiger partial charge in [-0.3, -0.25) is 4.79 Å². The zero-order valence-corrected chi connectivity index (χ0v) is 15.3. The van der Waals surface area contributed by atoms with Gasteiger partial charge in [0.1, 0.15) is 23.7 Å². The van der Waals surface area contributed by atoms with E-state index in [2.05, 4.69) is 10.3 Å². The summed E-state index contributed by atoms with van der Waals surface area (Å²) in [5.41, 5.74) is 1.05. The third-order valence-corrected chi connectivity index (χ3v) is 4.45. The zero-order valence-electron chi connectivity index (χ0n) is 15.3. The molecular weight excluding hydrogens is 354 g/mol. The van der Waals surface area contributed by atoms with Crippen LogP contribution in [0.3, 0.4) is 0 Å². The summed E-state index contributed by atoms with van der Waals surface area (Å²) in [5.74, 6) is -1.55. The first-order chi connectivity index (χ1) is 12.8. The van der Waals surface area contributed by atoms with E-state index in [1.807, 2.05) is 19.1 Å². The molecule has 0 saturated heterocycles. The Morgan fingerprint density at radius 2 is 2.15 bits per heavy atom. The minimum absolute atomic E-state index is 0.0132. The maximum atomic E-state index is 13.8. The van der Waals surface area contributed by atoms with Gasteiger partial charge in [0.15, 0.2) is 5.69 Å². The number of hydrogen-bond donors (Lipinski definition) is 1. The van der Waals surface area contributed by atoms with Crippen molar-refractivity contribution in [2.75, 3.05) is 0 Å². The first-order valence-electron chi connectivity index (χ1n) is 8.57. The van der Waals surface area contributed by atoms with E-state index in [4.69, 9.17) is 9.15 Å². The van der Waals surface area contributed by atoms with Crippen LogP contribution in [-0.2, 0) is 0 Å². The van der Waals surface area contributed by atoms with Gasteiger partial charge in [-0.25, -0.2) is 8.78 Å². The highest BCUT2D eigenvalue weighted by Gasteiger charge is 2.26. The molecule has 1 aromatic carbocycles. The molecule has 1 aliphatic rings. The molecule has 0 spiro atoms. The maximum Gasteiger partial charge on any atom is 0.399 e. The van der Waals surface area contributed by atoms with Crippen LogP contribution in [0.5, 0.6) is 11.8 Å². The van der Waals surface area contributed by atoms with Gasteiger partial charge in [0.25, 0.3) is 5.91 Å². The normalized spacial score (nSPS) is 18.1. The minimum atomic E-state index is -0.597. The van der Waals surface area contributed by atoms with E-state index in [0.29, 0.717) is 5.75 Å². The van der Waals surface area contributed by atoms with Crippen LogP contribution in [0.4, 0.5) is 8.78 Å². The van der Waals surface area contributed by atoms with Crippen LogP contribution in [0.1, 0.15) is 36.3 Å². The van der Waals surface area contributed by atoms with Crippen molar-refractivity contribution in [3.05, 3.63) is 65.1 Å². The van der Waals surface area contributed by atoms with E-state index in [1.165, 1.54) is 19.3 Å². The number of nitrogens with zero attached hydrogens (tertiary/aromatic N) is 1. The van der Waals surface area contributed by atoms with Gasteiger partial charge in [-0.1, -0.05) is 12.1 Å². The third-order valence-electron chi connectivity index (χ3n) is 4.45. The number of hydrogen-bond acceptors (Lipinski definition) is 4. The number of aryl methyl sites for hydroxylation is 1.